The summed E-state index contributed by atoms with van der Waals surface area (Å²) in [5.41, 5.74) is 1.35. The molecule has 7 nitrogen and oxygen atoms in total. The largest absolute Gasteiger partial charge is 0.308 e. The molecule has 0 spiro atoms. The van der Waals surface area contributed by atoms with Crippen LogP contribution in [0.3, 0.4) is 0 Å². The van der Waals surface area contributed by atoms with Crippen molar-refractivity contribution in [3.05, 3.63) is 45.2 Å². The van der Waals surface area contributed by atoms with Crippen molar-refractivity contribution in [1.82, 2.24) is 20.3 Å². The van der Waals surface area contributed by atoms with E-state index in [1.165, 1.54) is 25.0 Å². The van der Waals surface area contributed by atoms with E-state index in [-0.39, 0.29) is 10.7 Å². The van der Waals surface area contributed by atoms with E-state index < -0.39 is 4.92 Å². The summed E-state index contributed by atoms with van der Waals surface area (Å²) in [4.78, 5) is 10.2. The number of hydrogen-bond acceptors (Lipinski definition) is 5. The first-order chi connectivity index (χ1) is 9.63. The van der Waals surface area contributed by atoms with E-state index in [0.29, 0.717) is 18.3 Å². The fraction of sp³-hybridized carbons (Fsp3) is 0.333. The molecule has 0 atom stereocenters. The third-order valence-electron chi connectivity index (χ3n) is 3.08. The van der Waals surface area contributed by atoms with Gasteiger partial charge in [0.2, 0.25) is 0 Å². The van der Waals surface area contributed by atoms with Crippen LogP contribution in [0.25, 0.3) is 5.69 Å². The fourth-order valence-electron chi connectivity index (χ4n) is 1.83. The molecule has 0 aliphatic heterocycles. The first-order valence-corrected chi connectivity index (χ1v) is 6.60. The van der Waals surface area contributed by atoms with Crippen LogP contribution >= 0.6 is 11.6 Å². The smallest absolute Gasteiger partial charge is 0.288 e. The number of halogens is 1. The molecule has 104 valence electrons. The topological polar surface area (TPSA) is 85.9 Å². The van der Waals surface area contributed by atoms with E-state index in [1.807, 2.05) is 0 Å². The first-order valence-electron chi connectivity index (χ1n) is 6.22. The van der Waals surface area contributed by atoms with Crippen molar-refractivity contribution in [3.8, 4) is 5.69 Å². The number of hydrogen-bond donors (Lipinski definition) is 1. The highest BCUT2D eigenvalue weighted by Gasteiger charge is 2.20. The molecule has 0 unspecified atom stereocenters. The highest BCUT2D eigenvalue weighted by Crippen LogP contribution is 2.26. The van der Waals surface area contributed by atoms with Gasteiger partial charge in [-0.15, -0.1) is 5.10 Å². The van der Waals surface area contributed by atoms with Crippen molar-refractivity contribution >= 4 is 17.3 Å². The molecule has 1 fully saturated rings. The first kappa shape index (κ1) is 13.0. The Morgan fingerprint density at radius 3 is 2.95 bits per heavy atom. The molecule has 1 aliphatic carbocycles. The summed E-state index contributed by atoms with van der Waals surface area (Å²) in [5.74, 6) is 0. The van der Waals surface area contributed by atoms with Crippen LogP contribution in [-0.4, -0.2) is 26.0 Å². The van der Waals surface area contributed by atoms with Crippen molar-refractivity contribution in [2.45, 2.75) is 25.4 Å². The van der Waals surface area contributed by atoms with Gasteiger partial charge in [-0.3, -0.25) is 10.1 Å². The lowest BCUT2D eigenvalue weighted by Gasteiger charge is -2.01. The van der Waals surface area contributed by atoms with Crippen LogP contribution in [0.1, 0.15) is 18.5 Å². The molecule has 8 heteroatoms. The number of rotatable bonds is 5. The van der Waals surface area contributed by atoms with Gasteiger partial charge >= 0.3 is 0 Å². The second-order valence-electron chi connectivity index (χ2n) is 4.70. The Balaban J connectivity index is 1.77. The maximum Gasteiger partial charge on any atom is 0.288 e. The molecule has 1 aliphatic rings. The standard InChI is InChI=1S/C12H12ClN5O2/c13-11-5-10(3-4-12(11)18(19)20)17-7-9(15-16-17)6-14-8-1-2-8/h3-5,7-8,14H,1-2,6H2. The SMILES string of the molecule is O=[N+]([O-])c1ccc(-n2cc(CNC3CC3)nn2)cc1Cl. The van der Waals surface area contributed by atoms with Gasteiger partial charge in [-0.1, -0.05) is 16.8 Å². The van der Waals surface area contributed by atoms with Crippen molar-refractivity contribution < 1.29 is 4.92 Å². The Bertz CT molecular complexity index is 653. The number of nitrogens with zero attached hydrogens (tertiary/aromatic N) is 4. The van der Waals surface area contributed by atoms with E-state index in [4.69, 9.17) is 11.6 Å². The molecular formula is C12H12ClN5O2. The highest BCUT2D eigenvalue weighted by atomic mass is 35.5. The number of nitrogens with one attached hydrogen (secondary N) is 1. The Kier molecular flexibility index (Phi) is 3.37. The van der Waals surface area contributed by atoms with E-state index >= 15 is 0 Å². The number of aromatic nitrogens is 3. The average molecular weight is 294 g/mol. The van der Waals surface area contributed by atoms with Crippen LogP contribution in [0.5, 0.6) is 0 Å². The molecule has 20 heavy (non-hydrogen) atoms. The lowest BCUT2D eigenvalue weighted by molar-refractivity contribution is -0.384. The molecule has 1 heterocycles. The summed E-state index contributed by atoms with van der Waals surface area (Å²) < 4.78 is 1.56. The fourth-order valence-corrected chi connectivity index (χ4v) is 2.07. The van der Waals surface area contributed by atoms with Crippen molar-refractivity contribution in [2.75, 3.05) is 0 Å². The minimum absolute atomic E-state index is 0.0839. The van der Waals surface area contributed by atoms with E-state index in [0.717, 1.165) is 5.69 Å². The molecule has 3 rings (SSSR count). The van der Waals surface area contributed by atoms with Gasteiger partial charge in [-0.2, -0.15) is 0 Å². The van der Waals surface area contributed by atoms with Crippen LogP contribution in [0.4, 0.5) is 5.69 Å². The minimum Gasteiger partial charge on any atom is -0.308 e. The zero-order valence-electron chi connectivity index (χ0n) is 10.5. The zero-order chi connectivity index (χ0) is 14.1. The molecule has 1 aromatic carbocycles. The van der Waals surface area contributed by atoms with Gasteiger partial charge in [-0.05, 0) is 25.0 Å². The Labute approximate surface area is 119 Å². The minimum atomic E-state index is -0.515. The Morgan fingerprint density at radius 1 is 1.50 bits per heavy atom. The quantitative estimate of drug-likeness (QED) is 0.674. The molecule has 2 aromatic rings. The highest BCUT2D eigenvalue weighted by molar-refractivity contribution is 6.32. The molecule has 1 N–H and O–H groups in total. The van der Waals surface area contributed by atoms with Gasteiger partial charge in [0.05, 0.1) is 22.5 Å². The van der Waals surface area contributed by atoms with E-state index in [9.17, 15) is 10.1 Å². The normalized spacial score (nSPS) is 14.4. The molecule has 0 bridgehead atoms. The molecule has 0 saturated heterocycles. The van der Waals surface area contributed by atoms with Gasteiger partial charge in [-0.25, -0.2) is 4.68 Å². The summed E-state index contributed by atoms with van der Waals surface area (Å²) in [5, 5.41) is 22.2. The van der Waals surface area contributed by atoms with E-state index in [2.05, 4.69) is 15.6 Å². The van der Waals surface area contributed by atoms with Gasteiger partial charge in [0.25, 0.3) is 5.69 Å². The summed E-state index contributed by atoms with van der Waals surface area (Å²) >= 11 is 5.88. The van der Waals surface area contributed by atoms with Crippen LogP contribution in [0, 0.1) is 10.1 Å². The van der Waals surface area contributed by atoms with Gasteiger partial charge in [0, 0.05) is 18.7 Å². The lowest BCUT2D eigenvalue weighted by atomic mass is 10.3. The second kappa shape index (κ2) is 5.18. The average Bonchev–Trinajstić information content (AvgIpc) is 3.13. The predicted molar refractivity (Wildman–Crippen MR) is 72.9 cm³/mol. The van der Waals surface area contributed by atoms with Crippen LogP contribution in [-0.2, 0) is 6.54 Å². The van der Waals surface area contributed by atoms with Crippen LogP contribution in [0.15, 0.2) is 24.4 Å². The number of nitro groups is 1. The van der Waals surface area contributed by atoms with Crippen molar-refractivity contribution in [3.63, 3.8) is 0 Å². The molecule has 0 amide bonds. The molecule has 1 saturated carbocycles. The molecule has 1 aromatic heterocycles. The number of nitro benzene ring substituents is 1. The maximum atomic E-state index is 10.7. The molecule has 0 radical (unpaired) electrons. The predicted octanol–water partition coefficient (Wildman–Crippen LogP) is 2.08. The summed E-state index contributed by atoms with van der Waals surface area (Å²) in [6.07, 6.45) is 4.21. The third kappa shape index (κ3) is 2.78. The van der Waals surface area contributed by atoms with Crippen LogP contribution in [0.2, 0.25) is 5.02 Å². The van der Waals surface area contributed by atoms with Crippen LogP contribution < -0.4 is 5.32 Å². The third-order valence-corrected chi connectivity index (χ3v) is 3.39. The Hall–Kier alpha value is -1.99. The Morgan fingerprint density at radius 2 is 2.30 bits per heavy atom. The van der Waals surface area contributed by atoms with Gasteiger partial charge in [0.15, 0.2) is 0 Å². The molecular weight excluding hydrogens is 282 g/mol. The van der Waals surface area contributed by atoms with E-state index in [1.54, 1.807) is 16.9 Å². The van der Waals surface area contributed by atoms with Gasteiger partial charge in [0.1, 0.15) is 5.02 Å². The lowest BCUT2D eigenvalue weighted by Crippen LogP contribution is -2.15. The second-order valence-corrected chi connectivity index (χ2v) is 5.11. The monoisotopic (exact) mass is 293 g/mol. The van der Waals surface area contributed by atoms with Crippen molar-refractivity contribution in [2.24, 2.45) is 0 Å². The zero-order valence-corrected chi connectivity index (χ0v) is 11.2. The van der Waals surface area contributed by atoms with Gasteiger partial charge < -0.3 is 5.32 Å². The summed E-state index contributed by atoms with van der Waals surface area (Å²) in [6.45, 7) is 0.672. The summed E-state index contributed by atoms with van der Waals surface area (Å²) in [7, 11) is 0. The number of benzene rings is 1. The summed E-state index contributed by atoms with van der Waals surface area (Å²) in [6, 6.07) is 5.07. The maximum absolute atomic E-state index is 10.7. The van der Waals surface area contributed by atoms with Crippen molar-refractivity contribution in [1.29, 1.82) is 0 Å².